The normalized spacial score (nSPS) is 17.4. The Morgan fingerprint density at radius 3 is 2.50 bits per heavy atom. The maximum absolute atomic E-state index is 5.95. The lowest BCUT2D eigenvalue weighted by atomic mass is 9.97. The summed E-state index contributed by atoms with van der Waals surface area (Å²) >= 11 is 0. The monoisotopic (exact) mass is 277 g/mol. The molecule has 20 heavy (non-hydrogen) atoms. The maximum Gasteiger partial charge on any atom is 0.122 e. The van der Waals surface area contributed by atoms with Gasteiger partial charge in [-0.1, -0.05) is 0 Å². The lowest BCUT2D eigenvalue weighted by Crippen LogP contribution is -2.39. The molecule has 1 saturated heterocycles. The Morgan fingerprint density at radius 2 is 1.95 bits per heavy atom. The SMILES string of the molecule is COc1ccc(OCC2CCN(C(C)C)CC2)cc1C. The highest BCUT2D eigenvalue weighted by Gasteiger charge is 2.21. The van der Waals surface area contributed by atoms with Crippen LogP contribution in [0.3, 0.4) is 0 Å². The summed E-state index contributed by atoms with van der Waals surface area (Å²) in [6, 6.07) is 6.70. The van der Waals surface area contributed by atoms with Gasteiger partial charge in [0, 0.05) is 6.04 Å². The highest BCUT2D eigenvalue weighted by atomic mass is 16.5. The van der Waals surface area contributed by atoms with Gasteiger partial charge in [0.15, 0.2) is 0 Å². The number of aryl methyl sites for hydroxylation is 1. The van der Waals surface area contributed by atoms with Gasteiger partial charge in [-0.3, -0.25) is 0 Å². The number of likely N-dealkylation sites (tertiary alicyclic amines) is 1. The fraction of sp³-hybridized carbons (Fsp3) is 0.647. The number of ether oxygens (including phenoxy) is 2. The minimum absolute atomic E-state index is 0.668. The third kappa shape index (κ3) is 3.89. The molecule has 1 aliphatic heterocycles. The van der Waals surface area contributed by atoms with Crippen LogP contribution in [0.5, 0.6) is 11.5 Å². The van der Waals surface area contributed by atoms with Gasteiger partial charge in [0.2, 0.25) is 0 Å². The van der Waals surface area contributed by atoms with E-state index >= 15 is 0 Å². The van der Waals surface area contributed by atoms with E-state index in [0.717, 1.165) is 23.7 Å². The predicted molar refractivity (Wildman–Crippen MR) is 82.7 cm³/mol. The van der Waals surface area contributed by atoms with Crippen LogP contribution in [0, 0.1) is 12.8 Å². The number of rotatable bonds is 5. The van der Waals surface area contributed by atoms with Crippen molar-refractivity contribution in [2.45, 2.75) is 39.7 Å². The van der Waals surface area contributed by atoms with E-state index in [0.29, 0.717) is 12.0 Å². The van der Waals surface area contributed by atoms with Crippen LogP contribution in [0.4, 0.5) is 0 Å². The number of hydrogen-bond acceptors (Lipinski definition) is 3. The quantitative estimate of drug-likeness (QED) is 0.822. The summed E-state index contributed by atoms with van der Waals surface area (Å²) in [7, 11) is 1.70. The van der Waals surface area contributed by atoms with Crippen molar-refractivity contribution in [3.05, 3.63) is 23.8 Å². The first kappa shape index (κ1) is 15.2. The summed E-state index contributed by atoms with van der Waals surface area (Å²) in [5.41, 5.74) is 1.12. The third-order valence-electron chi connectivity index (χ3n) is 4.23. The largest absolute Gasteiger partial charge is 0.496 e. The lowest BCUT2D eigenvalue weighted by Gasteiger charge is -2.34. The molecule has 1 aromatic carbocycles. The molecule has 0 amide bonds. The minimum Gasteiger partial charge on any atom is -0.496 e. The van der Waals surface area contributed by atoms with Crippen LogP contribution in [0.25, 0.3) is 0 Å². The summed E-state index contributed by atoms with van der Waals surface area (Å²) in [6.45, 7) is 9.83. The van der Waals surface area contributed by atoms with Crippen molar-refractivity contribution in [3.8, 4) is 11.5 Å². The summed E-state index contributed by atoms with van der Waals surface area (Å²) in [5.74, 6) is 2.56. The molecule has 0 radical (unpaired) electrons. The van der Waals surface area contributed by atoms with Gasteiger partial charge in [-0.25, -0.2) is 0 Å². The van der Waals surface area contributed by atoms with Crippen molar-refractivity contribution >= 4 is 0 Å². The van der Waals surface area contributed by atoms with Crippen molar-refractivity contribution in [2.75, 3.05) is 26.8 Å². The molecule has 2 rings (SSSR count). The molecule has 0 bridgehead atoms. The summed E-state index contributed by atoms with van der Waals surface area (Å²) < 4.78 is 11.2. The summed E-state index contributed by atoms with van der Waals surface area (Å²) in [5, 5.41) is 0. The topological polar surface area (TPSA) is 21.7 Å². The van der Waals surface area contributed by atoms with E-state index in [9.17, 15) is 0 Å². The van der Waals surface area contributed by atoms with Crippen LogP contribution in [0.15, 0.2) is 18.2 Å². The van der Waals surface area contributed by atoms with Crippen molar-refractivity contribution < 1.29 is 9.47 Å². The summed E-state index contributed by atoms with van der Waals surface area (Å²) in [4.78, 5) is 2.55. The first-order chi connectivity index (χ1) is 9.60. The second-order valence-corrected chi connectivity index (χ2v) is 6.02. The Balaban J connectivity index is 1.80. The number of benzene rings is 1. The summed E-state index contributed by atoms with van der Waals surface area (Å²) in [6.07, 6.45) is 2.49. The van der Waals surface area contributed by atoms with Gasteiger partial charge in [0.1, 0.15) is 11.5 Å². The van der Waals surface area contributed by atoms with Gasteiger partial charge in [-0.15, -0.1) is 0 Å². The Morgan fingerprint density at radius 1 is 1.25 bits per heavy atom. The molecule has 0 N–H and O–H groups in total. The smallest absolute Gasteiger partial charge is 0.122 e. The molecule has 1 aliphatic rings. The molecule has 0 atom stereocenters. The van der Waals surface area contributed by atoms with Crippen molar-refractivity contribution in [2.24, 2.45) is 5.92 Å². The molecule has 3 nitrogen and oxygen atoms in total. The zero-order valence-electron chi connectivity index (χ0n) is 13.2. The van der Waals surface area contributed by atoms with E-state index < -0.39 is 0 Å². The van der Waals surface area contributed by atoms with Gasteiger partial charge in [-0.05, 0) is 76.4 Å². The van der Waals surface area contributed by atoms with Crippen molar-refractivity contribution in [1.29, 1.82) is 0 Å². The van der Waals surface area contributed by atoms with E-state index in [4.69, 9.17) is 9.47 Å². The van der Waals surface area contributed by atoms with Crippen molar-refractivity contribution in [1.82, 2.24) is 4.90 Å². The standard InChI is InChI=1S/C17H27NO2/c1-13(2)18-9-7-15(8-10-18)12-20-16-5-6-17(19-4)14(3)11-16/h5-6,11,13,15H,7-10,12H2,1-4H3. The van der Waals surface area contributed by atoms with Gasteiger partial charge >= 0.3 is 0 Å². The van der Waals surface area contributed by atoms with Gasteiger partial charge in [0.25, 0.3) is 0 Å². The van der Waals surface area contributed by atoms with E-state index in [2.05, 4.69) is 24.8 Å². The van der Waals surface area contributed by atoms with E-state index in [1.165, 1.54) is 25.9 Å². The van der Waals surface area contributed by atoms with Gasteiger partial charge in [-0.2, -0.15) is 0 Å². The predicted octanol–water partition coefficient (Wildman–Crippen LogP) is 3.50. The second-order valence-electron chi connectivity index (χ2n) is 6.02. The fourth-order valence-corrected chi connectivity index (χ4v) is 2.79. The average molecular weight is 277 g/mol. The van der Waals surface area contributed by atoms with Crippen LogP contribution in [-0.2, 0) is 0 Å². The Hall–Kier alpha value is -1.22. The molecule has 1 aromatic rings. The van der Waals surface area contributed by atoms with Crippen LogP contribution in [0.1, 0.15) is 32.3 Å². The zero-order valence-corrected chi connectivity index (χ0v) is 13.2. The van der Waals surface area contributed by atoms with Crippen LogP contribution < -0.4 is 9.47 Å². The Labute approximate surface area is 122 Å². The molecule has 0 aromatic heterocycles. The van der Waals surface area contributed by atoms with E-state index in [-0.39, 0.29) is 0 Å². The van der Waals surface area contributed by atoms with Crippen LogP contribution >= 0.6 is 0 Å². The molecule has 0 unspecified atom stereocenters. The van der Waals surface area contributed by atoms with Crippen LogP contribution in [0.2, 0.25) is 0 Å². The molecule has 3 heteroatoms. The van der Waals surface area contributed by atoms with Gasteiger partial charge in [0.05, 0.1) is 13.7 Å². The average Bonchev–Trinajstić information content (AvgIpc) is 2.45. The van der Waals surface area contributed by atoms with E-state index in [1.807, 2.05) is 19.1 Å². The number of hydrogen-bond donors (Lipinski definition) is 0. The van der Waals surface area contributed by atoms with Crippen LogP contribution in [-0.4, -0.2) is 37.7 Å². The Bertz CT molecular complexity index is 423. The highest BCUT2D eigenvalue weighted by molar-refractivity contribution is 5.39. The molecule has 0 saturated carbocycles. The molecular weight excluding hydrogens is 250 g/mol. The van der Waals surface area contributed by atoms with Crippen molar-refractivity contribution in [3.63, 3.8) is 0 Å². The molecule has 1 heterocycles. The third-order valence-corrected chi connectivity index (χ3v) is 4.23. The van der Waals surface area contributed by atoms with Gasteiger partial charge < -0.3 is 14.4 Å². The lowest BCUT2D eigenvalue weighted by molar-refractivity contribution is 0.119. The first-order valence-electron chi connectivity index (χ1n) is 7.61. The Kier molecular flexibility index (Phi) is 5.30. The number of methoxy groups -OCH3 is 1. The molecule has 0 spiro atoms. The molecule has 1 fully saturated rings. The zero-order chi connectivity index (χ0) is 14.5. The maximum atomic E-state index is 5.95. The second kappa shape index (κ2) is 6.98. The first-order valence-corrected chi connectivity index (χ1v) is 7.61. The number of nitrogens with zero attached hydrogens (tertiary/aromatic N) is 1. The molecule has 112 valence electrons. The minimum atomic E-state index is 0.668. The van der Waals surface area contributed by atoms with E-state index in [1.54, 1.807) is 7.11 Å². The fourth-order valence-electron chi connectivity index (χ4n) is 2.79. The number of piperidine rings is 1. The molecular formula is C17H27NO2. The molecule has 0 aliphatic carbocycles. The highest BCUT2D eigenvalue weighted by Crippen LogP contribution is 2.25.